The number of ether oxygens (including phenoxy) is 3. The van der Waals surface area contributed by atoms with Crippen LogP contribution in [0.3, 0.4) is 0 Å². The molecule has 0 fully saturated rings. The Bertz CT molecular complexity index is 933. The van der Waals surface area contributed by atoms with Gasteiger partial charge in [-0.2, -0.15) is 4.98 Å². The molecule has 2 heterocycles. The van der Waals surface area contributed by atoms with Gasteiger partial charge in [-0.15, -0.1) is 11.8 Å². The lowest BCUT2D eigenvalue weighted by Gasteiger charge is -2.20. The first-order valence-corrected chi connectivity index (χ1v) is 10.3. The highest BCUT2D eigenvalue weighted by Gasteiger charge is 2.22. The molecule has 13 heteroatoms. The van der Waals surface area contributed by atoms with Crippen molar-refractivity contribution < 1.29 is 23.8 Å². The van der Waals surface area contributed by atoms with Crippen LogP contribution in [0.25, 0.3) is 11.2 Å². The van der Waals surface area contributed by atoms with E-state index in [2.05, 4.69) is 38.7 Å². The topological polar surface area (TPSA) is 133 Å². The third-order valence-corrected chi connectivity index (χ3v) is 4.30. The first kappa shape index (κ1) is 24.0. The average Bonchev–Trinajstić information content (AvgIpc) is 3.16. The Kier molecular flexibility index (Phi) is 9.09. The molecule has 2 rings (SSSR count). The van der Waals surface area contributed by atoms with E-state index in [0.717, 1.165) is 0 Å². The Morgan fingerprint density at radius 1 is 1.23 bits per heavy atom. The highest BCUT2D eigenvalue weighted by molar-refractivity contribution is 7.98. The summed E-state index contributed by atoms with van der Waals surface area (Å²) in [6, 6.07) is 0. The molecule has 31 heavy (non-hydrogen) atoms. The lowest BCUT2D eigenvalue weighted by atomic mass is 10.5. The molecule has 1 atom stereocenters. The first-order valence-electron chi connectivity index (χ1n) is 9.11. The molecule has 12 nitrogen and oxygen atoms in total. The van der Waals surface area contributed by atoms with Crippen LogP contribution in [0.2, 0.25) is 0 Å². The summed E-state index contributed by atoms with van der Waals surface area (Å²) in [6.07, 6.45) is 3.54. The third kappa shape index (κ3) is 6.58. The largest absolute Gasteiger partial charge is 0.449 e. The summed E-state index contributed by atoms with van der Waals surface area (Å²) in [5.74, 6) is 0.467. The SMILES string of the molecule is C=CNC(=O)OCCCOC(OC(=O)NC=C)n1cnc2c(SC)nc(N(C)C)nc21. The van der Waals surface area contributed by atoms with Crippen LogP contribution in [0.1, 0.15) is 12.8 Å². The summed E-state index contributed by atoms with van der Waals surface area (Å²) < 4.78 is 17.5. The lowest BCUT2D eigenvalue weighted by Crippen LogP contribution is -2.26. The van der Waals surface area contributed by atoms with Gasteiger partial charge in [-0.1, -0.05) is 13.2 Å². The van der Waals surface area contributed by atoms with Gasteiger partial charge in [0.2, 0.25) is 5.95 Å². The number of alkyl carbamates (subject to hydrolysis) is 2. The Balaban J connectivity index is 2.22. The van der Waals surface area contributed by atoms with Gasteiger partial charge in [-0.05, 0) is 18.7 Å². The van der Waals surface area contributed by atoms with E-state index < -0.39 is 18.6 Å². The Hall–Kier alpha value is -3.32. The fourth-order valence-corrected chi connectivity index (χ4v) is 2.80. The number of carbonyl (C=O) groups excluding carboxylic acids is 2. The van der Waals surface area contributed by atoms with Crippen molar-refractivity contribution in [3.63, 3.8) is 0 Å². The minimum absolute atomic E-state index is 0.0967. The molecule has 0 aliphatic heterocycles. The molecule has 2 aromatic heterocycles. The minimum atomic E-state index is -1.17. The molecule has 0 aliphatic rings. The van der Waals surface area contributed by atoms with Crippen LogP contribution in [0.15, 0.2) is 36.9 Å². The molecule has 1 unspecified atom stereocenters. The van der Waals surface area contributed by atoms with Crippen LogP contribution < -0.4 is 15.5 Å². The summed E-state index contributed by atoms with van der Waals surface area (Å²) >= 11 is 1.42. The van der Waals surface area contributed by atoms with E-state index in [1.165, 1.54) is 35.1 Å². The van der Waals surface area contributed by atoms with Gasteiger partial charge >= 0.3 is 12.2 Å². The second kappa shape index (κ2) is 11.8. The van der Waals surface area contributed by atoms with Crippen LogP contribution in [-0.4, -0.2) is 65.3 Å². The number of hydrogen-bond donors (Lipinski definition) is 2. The Morgan fingerprint density at radius 2 is 1.94 bits per heavy atom. The van der Waals surface area contributed by atoms with E-state index in [-0.39, 0.29) is 13.2 Å². The zero-order valence-electron chi connectivity index (χ0n) is 17.5. The standard InChI is InChI=1S/C18H25N7O5S/c1-6-19-16(26)28-9-8-10-29-18(30-17(27)20-7-2)25-11-21-12-13(25)22-15(24(3)4)23-14(12)31-5/h6-7,11,18H,1-2,8-10H2,3-5H3,(H,19,26)(H,20,27). The number of nitrogens with one attached hydrogen (secondary N) is 2. The third-order valence-electron chi connectivity index (χ3n) is 3.63. The van der Waals surface area contributed by atoms with Gasteiger partial charge in [0.05, 0.1) is 13.2 Å². The number of fused-ring (bicyclic) bond motifs is 1. The molecule has 0 saturated carbocycles. The van der Waals surface area contributed by atoms with Gasteiger partial charge in [0.25, 0.3) is 6.41 Å². The maximum absolute atomic E-state index is 12.0. The van der Waals surface area contributed by atoms with Crippen LogP contribution in [0.5, 0.6) is 0 Å². The van der Waals surface area contributed by atoms with Crippen LogP contribution in [0.4, 0.5) is 15.5 Å². The quantitative estimate of drug-likeness (QED) is 0.227. The van der Waals surface area contributed by atoms with Gasteiger partial charge in [0.15, 0.2) is 5.65 Å². The predicted molar refractivity (Wildman–Crippen MR) is 116 cm³/mol. The van der Waals surface area contributed by atoms with Gasteiger partial charge in [0.1, 0.15) is 16.9 Å². The van der Waals surface area contributed by atoms with Crippen molar-refractivity contribution in [3.8, 4) is 0 Å². The zero-order chi connectivity index (χ0) is 22.8. The number of thioether (sulfide) groups is 1. The molecule has 2 aromatic rings. The molecule has 0 aliphatic carbocycles. The van der Waals surface area contributed by atoms with Crippen molar-refractivity contribution in [2.75, 3.05) is 38.5 Å². The highest BCUT2D eigenvalue weighted by atomic mass is 32.2. The smallest absolute Gasteiger partial charge is 0.414 e. The minimum Gasteiger partial charge on any atom is -0.449 e. The van der Waals surface area contributed by atoms with E-state index in [1.54, 1.807) is 4.90 Å². The van der Waals surface area contributed by atoms with Crippen molar-refractivity contribution in [2.45, 2.75) is 17.9 Å². The van der Waals surface area contributed by atoms with Crippen molar-refractivity contribution in [3.05, 3.63) is 31.9 Å². The Labute approximate surface area is 183 Å². The second-order valence-corrected chi connectivity index (χ2v) is 6.82. The van der Waals surface area contributed by atoms with Crippen molar-refractivity contribution in [2.24, 2.45) is 0 Å². The van der Waals surface area contributed by atoms with E-state index in [1.807, 2.05) is 20.4 Å². The highest BCUT2D eigenvalue weighted by Crippen LogP contribution is 2.27. The van der Waals surface area contributed by atoms with E-state index >= 15 is 0 Å². The molecule has 168 valence electrons. The van der Waals surface area contributed by atoms with Crippen molar-refractivity contribution in [1.29, 1.82) is 0 Å². The van der Waals surface area contributed by atoms with E-state index in [0.29, 0.717) is 28.6 Å². The Morgan fingerprint density at radius 3 is 2.58 bits per heavy atom. The summed E-state index contributed by atoms with van der Waals surface area (Å²) in [5, 5.41) is 5.29. The van der Waals surface area contributed by atoms with Crippen LogP contribution in [-0.2, 0) is 14.2 Å². The average molecular weight is 452 g/mol. The predicted octanol–water partition coefficient (Wildman–Crippen LogP) is 2.22. The summed E-state index contributed by atoms with van der Waals surface area (Å²) in [6.45, 7) is 7.02. The van der Waals surface area contributed by atoms with Gasteiger partial charge < -0.3 is 19.1 Å². The summed E-state index contributed by atoms with van der Waals surface area (Å²) in [7, 11) is 3.63. The number of aromatic nitrogens is 4. The summed E-state index contributed by atoms with van der Waals surface area (Å²) in [5.41, 5.74) is 0.977. The first-order chi connectivity index (χ1) is 14.9. The molecular formula is C18H25N7O5S. The molecule has 0 aromatic carbocycles. The monoisotopic (exact) mass is 451 g/mol. The maximum atomic E-state index is 12.0. The van der Waals surface area contributed by atoms with Crippen LogP contribution in [0, 0.1) is 0 Å². The zero-order valence-corrected chi connectivity index (χ0v) is 18.3. The van der Waals surface area contributed by atoms with E-state index in [9.17, 15) is 9.59 Å². The molecule has 0 spiro atoms. The van der Waals surface area contributed by atoms with Crippen LogP contribution >= 0.6 is 11.8 Å². The second-order valence-electron chi connectivity index (χ2n) is 6.02. The fourth-order valence-electron chi connectivity index (χ4n) is 2.29. The lowest BCUT2D eigenvalue weighted by molar-refractivity contribution is -0.153. The van der Waals surface area contributed by atoms with Crippen molar-refractivity contribution >= 4 is 41.1 Å². The number of imidazole rings is 1. The van der Waals surface area contributed by atoms with Crippen molar-refractivity contribution in [1.82, 2.24) is 30.2 Å². The molecule has 2 N–H and O–H groups in total. The number of rotatable bonds is 11. The normalized spacial score (nSPS) is 11.5. The van der Waals surface area contributed by atoms with E-state index in [4.69, 9.17) is 14.2 Å². The van der Waals surface area contributed by atoms with Gasteiger partial charge in [-0.25, -0.2) is 19.6 Å². The number of carbonyl (C=O) groups is 2. The molecule has 0 radical (unpaired) electrons. The number of amides is 2. The molecule has 0 saturated heterocycles. The summed E-state index contributed by atoms with van der Waals surface area (Å²) in [4.78, 5) is 38.3. The van der Waals surface area contributed by atoms with Gasteiger partial charge in [0, 0.05) is 20.5 Å². The van der Waals surface area contributed by atoms with Gasteiger partial charge in [-0.3, -0.25) is 15.2 Å². The fraction of sp³-hybridized carbons (Fsp3) is 0.389. The number of anilines is 1. The number of nitrogens with zero attached hydrogens (tertiary/aromatic N) is 5. The maximum Gasteiger partial charge on any atom is 0.414 e. The molecule has 0 bridgehead atoms. The molecular weight excluding hydrogens is 426 g/mol. The number of hydrogen-bond acceptors (Lipinski definition) is 10. The molecule has 2 amide bonds.